The molecule has 2 aliphatic rings. The molecule has 0 bridgehead atoms. The summed E-state index contributed by atoms with van der Waals surface area (Å²) in [7, 11) is 1.27. The van der Waals surface area contributed by atoms with Gasteiger partial charge in [-0.1, -0.05) is 32.9 Å². The van der Waals surface area contributed by atoms with Crippen molar-refractivity contribution in [3.8, 4) is 39.5 Å². The Hall–Kier alpha value is -5.35. The summed E-state index contributed by atoms with van der Waals surface area (Å²) in [5, 5.41) is 3.16. The third-order valence-electron chi connectivity index (χ3n) is 10.8. The molecule has 5 aromatic rings. The molecule has 0 spiro atoms. The molecule has 2 aliphatic heterocycles. The molecule has 3 atom stereocenters. The van der Waals surface area contributed by atoms with Gasteiger partial charge < -0.3 is 43.3 Å². The van der Waals surface area contributed by atoms with Gasteiger partial charge in [-0.3, -0.25) is 9.59 Å². The van der Waals surface area contributed by atoms with Gasteiger partial charge in [0.1, 0.15) is 30.0 Å². The zero-order valence-corrected chi connectivity index (χ0v) is 34.6. The number of nitrogens with one attached hydrogen (secondary N) is 3. The first-order valence-electron chi connectivity index (χ1n) is 19.8. The van der Waals surface area contributed by atoms with Crippen LogP contribution in [-0.4, -0.2) is 97.4 Å². The molecule has 7 rings (SSSR count). The minimum absolute atomic E-state index is 0.0428. The lowest BCUT2D eigenvalue weighted by atomic mass is 10.0. The highest BCUT2D eigenvalue weighted by atomic mass is 32.2. The Balaban J connectivity index is 1.11. The van der Waals surface area contributed by atoms with Crippen LogP contribution in [0.4, 0.5) is 9.18 Å². The van der Waals surface area contributed by atoms with Gasteiger partial charge in [0, 0.05) is 41.4 Å². The van der Waals surface area contributed by atoms with E-state index < -0.39 is 12.1 Å². The second-order valence-electron chi connectivity index (χ2n) is 15.2. The number of carbonyl (C=O) groups is 3. The van der Waals surface area contributed by atoms with Gasteiger partial charge in [0.2, 0.25) is 11.8 Å². The fourth-order valence-corrected chi connectivity index (χ4v) is 8.39. The summed E-state index contributed by atoms with van der Waals surface area (Å²) in [6, 6.07) is 10.5. The number of likely N-dealkylation sites (tertiary alicyclic amines) is 1. The number of aromatic amines is 2. The van der Waals surface area contributed by atoms with E-state index in [-0.39, 0.29) is 42.2 Å². The first kappa shape index (κ1) is 40.8. The molecule has 3 amide bonds. The minimum atomic E-state index is -0.748. The van der Waals surface area contributed by atoms with E-state index in [1.54, 1.807) is 17.3 Å². The summed E-state index contributed by atoms with van der Waals surface area (Å²) >= 11 is 1.26. The second-order valence-corrected chi connectivity index (χ2v) is 15.7. The number of halogens is 1. The van der Waals surface area contributed by atoms with Crippen LogP contribution in [0.2, 0.25) is 0 Å². The van der Waals surface area contributed by atoms with E-state index in [2.05, 4.69) is 25.3 Å². The largest absolute Gasteiger partial charge is 0.491 e. The molecule has 0 aliphatic carbocycles. The minimum Gasteiger partial charge on any atom is -0.491 e. The van der Waals surface area contributed by atoms with Gasteiger partial charge >= 0.3 is 6.09 Å². The van der Waals surface area contributed by atoms with E-state index in [0.29, 0.717) is 60.9 Å². The average molecular weight is 815 g/mol. The molecule has 0 saturated carbocycles. The maximum atomic E-state index is 16.7. The van der Waals surface area contributed by atoms with Gasteiger partial charge in [0.05, 0.1) is 73.8 Å². The number of hydrogen-bond acceptors (Lipinski definition) is 9. The zero-order valence-electron chi connectivity index (χ0n) is 33.8. The van der Waals surface area contributed by atoms with Crippen LogP contribution in [0.3, 0.4) is 0 Å². The van der Waals surface area contributed by atoms with Crippen molar-refractivity contribution in [2.75, 3.05) is 33.1 Å². The van der Waals surface area contributed by atoms with Crippen molar-refractivity contribution in [2.45, 2.75) is 84.7 Å². The van der Waals surface area contributed by atoms with Crippen molar-refractivity contribution in [1.29, 1.82) is 0 Å². The van der Waals surface area contributed by atoms with Crippen molar-refractivity contribution in [1.82, 2.24) is 39.6 Å². The molecule has 5 heterocycles. The van der Waals surface area contributed by atoms with E-state index in [0.717, 1.165) is 53.1 Å². The Bertz CT molecular complexity index is 2290. The molecule has 3 aromatic heterocycles. The van der Waals surface area contributed by atoms with Gasteiger partial charge in [-0.15, -0.1) is 0 Å². The predicted molar refractivity (Wildman–Crippen MR) is 220 cm³/mol. The van der Waals surface area contributed by atoms with E-state index in [9.17, 15) is 14.4 Å². The molecule has 14 nitrogen and oxygen atoms in total. The molecule has 2 aromatic carbocycles. The lowest BCUT2D eigenvalue weighted by molar-refractivity contribution is -0.135. The number of rotatable bonds is 14. The summed E-state index contributed by atoms with van der Waals surface area (Å²) in [4.78, 5) is 58.3. The number of carbonyl (C=O) groups excluding carboxylic acids is 3. The topological polar surface area (TPSA) is 160 Å². The van der Waals surface area contributed by atoms with Crippen molar-refractivity contribution < 1.29 is 32.4 Å². The van der Waals surface area contributed by atoms with Crippen LogP contribution in [0.25, 0.3) is 44.7 Å². The fourth-order valence-electron chi connectivity index (χ4n) is 8.00. The van der Waals surface area contributed by atoms with Gasteiger partial charge in [-0.05, 0) is 68.4 Å². The van der Waals surface area contributed by atoms with Crippen LogP contribution in [0.1, 0.15) is 71.1 Å². The zero-order chi connectivity index (χ0) is 41.1. The molecule has 308 valence electrons. The summed E-state index contributed by atoms with van der Waals surface area (Å²) < 4.78 is 35.1. The molecule has 1 saturated heterocycles. The maximum Gasteiger partial charge on any atom is 0.407 e. The maximum absolute atomic E-state index is 16.7. The molecular weight excluding hydrogens is 764 g/mol. The number of methoxy groups -OCH3 is 1. The Labute approximate surface area is 341 Å². The van der Waals surface area contributed by atoms with Crippen LogP contribution < -0.4 is 10.1 Å². The number of H-pyrrole nitrogens is 2. The normalized spacial score (nSPS) is 16.1. The molecule has 16 heteroatoms. The summed E-state index contributed by atoms with van der Waals surface area (Å²) in [5.74, 6) is 1.19. The van der Waals surface area contributed by atoms with Gasteiger partial charge in [0.15, 0.2) is 5.82 Å². The van der Waals surface area contributed by atoms with E-state index in [1.165, 1.54) is 19.2 Å². The number of nitrogens with zero attached hydrogens (tertiary/aromatic N) is 5. The molecule has 58 heavy (non-hydrogen) atoms. The number of amides is 3. The lowest BCUT2D eigenvalue weighted by Crippen LogP contribution is -2.51. The Morgan fingerprint density at radius 3 is 2.59 bits per heavy atom. The lowest BCUT2D eigenvalue weighted by Gasteiger charge is -2.28. The Morgan fingerprint density at radius 2 is 1.83 bits per heavy atom. The number of fused-ring (bicyclic) bond motifs is 5. The first-order valence-corrected chi connectivity index (χ1v) is 21.0. The third kappa shape index (κ3) is 8.30. The smallest absolute Gasteiger partial charge is 0.407 e. The summed E-state index contributed by atoms with van der Waals surface area (Å²) in [6.07, 6.45) is 7.20. The quantitative estimate of drug-likeness (QED) is 0.0967. The average Bonchev–Trinajstić information content (AvgIpc) is 4.02. The number of ether oxygens (including phenoxy) is 2. The van der Waals surface area contributed by atoms with E-state index in [4.69, 9.17) is 13.7 Å². The van der Waals surface area contributed by atoms with Gasteiger partial charge in [-0.2, -0.15) is 0 Å². The number of imidazole rings is 2. The second kappa shape index (κ2) is 17.6. The fraction of sp³-hybridized carbons (Fsp3) is 0.452. The van der Waals surface area contributed by atoms with Crippen LogP contribution in [0, 0.1) is 11.7 Å². The van der Waals surface area contributed by atoms with Gasteiger partial charge in [-0.25, -0.2) is 19.2 Å². The van der Waals surface area contributed by atoms with Crippen LogP contribution >= 0.6 is 12.0 Å². The monoisotopic (exact) mass is 814 g/mol. The van der Waals surface area contributed by atoms with E-state index in [1.807, 2.05) is 79.8 Å². The van der Waals surface area contributed by atoms with Gasteiger partial charge in [0.25, 0.3) is 0 Å². The summed E-state index contributed by atoms with van der Waals surface area (Å²) in [6.45, 7) is 9.80. The highest BCUT2D eigenvalue weighted by Gasteiger charge is 2.33. The SMILES string of the molecule is CCCN(Cc1ncc(-c2ccc3c(c2)OCCn2c-3c(F)c3cc(-c4cnc([C@@H]5CCCN5C(=O)CC(C)OSC)[nH]4)ccc32)[nH]1)C(=O)[C@@H](NC(=O)OC)C(C)C. The highest BCUT2D eigenvalue weighted by molar-refractivity contribution is 7.93. The molecule has 1 fully saturated rings. The van der Waals surface area contributed by atoms with Crippen molar-refractivity contribution >= 4 is 40.9 Å². The third-order valence-corrected chi connectivity index (χ3v) is 11.3. The van der Waals surface area contributed by atoms with Crippen molar-refractivity contribution in [3.63, 3.8) is 0 Å². The van der Waals surface area contributed by atoms with Crippen LogP contribution in [0.15, 0.2) is 48.8 Å². The Morgan fingerprint density at radius 1 is 1.07 bits per heavy atom. The van der Waals surface area contributed by atoms with Crippen LogP contribution in [0.5, 0.6) is 5.75 Å². The molecule has 1 unspecified atom stereocenters. The standard InChI is InChI=1S/C42H51FN8O6S/c1-7-14-49(41(53)38(24(2)3)48-42(54)55-5)23-35-44-21-30(46-35)27-10-12-28-34(20-27)56-17-16-51-32-13-11-26(19-29(32)37(43)39(28)51)31-22-45-40(47-31)33-9-8-15-50(33)36(52)18-25(4)57-58-6/h10-13,19-22,24-25,33,38H,7-9,14-18,23H2,1-6H3,(H,44,46)(H,45,47)(H,48,54)/t25?,33-,38-/m0/s1. The summed E-state index contributed by atoms with van der Waals surface area (Å²) in [5.41, 5.74) is 4.92. The number of benzene rings is 2. The van der Waals surface area contributed by atoms with E-state index >= 15 is 4.39 Å². The number of alkyl carbamates (subject to hydrolysis) is 1. The number of aromatic nitrogens is 5. The van der Waals surface area contributed by atoms with Crippen molar-refractivity contribution in [2.24, 2.45) is 5.92 Å². The molecule has 3 N–H and O–H groups in total. The first-order chi connectivity index (χ1) is 28.0. The number of hydrogen-bond donors (Lipinski definition) is 3. The predicted octanol–water partition coefficient (Wildman–Crippen LogP) is 7.48. The van der Waals surface area contributed by atoms with Crippen molar-refractivity contribution in [3.05, 3.63) is 66.3 Å². The van der Waals surface area contributed by atoms with Crippen LogP contribution in [-0.2, 0) is 31.6 Å². The highest BCUT2D eigenvalue weighted by Crippen LogP contribution is 2.42. The molecular formula is C42H51FN8O6S. The molecule has 0 radical (unpaired) electrons. The Kier molecular flexibility index (Phi) is 12.4.